The number of carbonyl (C=O) groups excluding carboxylic acids is 1. The molecule has 1 aromatic carbocycles. The van der Waals surface area contributed by atoms with Crippen molar-refractivity contribution >= 4 is 5.91 Å². The third-order valence-corrected chi connectivity index (χ3v) is 2.24. The van der Waals surface area contributed by atoms with Crippen LogP contribution in [0.15, 0.2) is 24.3 Å². The molecule has 0 aromatic heterocycles. The van der Waals surface area contributed by atoms with E-state index in [0.29, 0.717) is 13.2 Å². The summed E-state index contributed by atoms with van der Waals surface area (Å²) in [5, 5.41) is 2.75. The van der Waals surface area contributed by atoms with Crippen molar-refractivity contribution in [3.8, 4) is 0 Å². The lowest BCUT2D eigenvalue weighted by molar-refractivity contribution is -0.126. The number of amides is 1. The molecule has 0 saturated heterocycles. The summed E-state index contributed by atoms with van der Waals surface area (Å²) in [5.41, 5.74) is 6.07. The average molecular weight is 240 g/mol. The molecule has 0 bridgehead atoms. The van der Waals surface area contributed by atoms with Gasteiger partial charge in [-0.15, -0.1) is 0 Å². The smallest absolute Gasteiger partial charge is 0.246 e. The Labute approximate surface area is 100.0 Å². The zero-order chi connectivity index (χ0) is 12.7. The SMILES string of the molecule is C[C@@H](NC(=O)COCCN)c1ccc(F)cc1. The molecule has 4 nitrogen and oxygen atoms in total. The number of benzene rings is 1. The monoisotopic (exact) mass is 240 g/mol. The first-order valence-electron chi connectivity index (χ1n) is 5.46. The van der Waals surface area contributed by atoms with Gasteiger partial charge in [0.2, 0.25) is 5.91 Å². The van der Waals surface area contributed by atoms with Gasteiger partial charge in [0, 0.05) is 6.54 Å². The molecular formula is C12H17FN2O2. The van der Waals surface area contributed by atoms with E-state index in [0.717, 1.165) is 5.56 Å². The van der Waals surface area contributed by atoms with Gasteiger partial charge in [-0.25, -0.2) is 4.39 Å². The fourth-order valence-electron chi connectivity index (χ4n) is 1.37. The highest BCUT2D eigenvalue weighted by molar-refractivity contribution is 5.77. The maximum absolute atomic E-state index is 12.7. The molecule has 0 spiro atoms. The molecule has 17 heavy (non-hydrogen) atoms. The molecular weight excluding hydrogens is 223 g/mol. The third kappa shape index (κ3) is 4.93. The fourth-order valence-corrected chi connectivity index (χ4v) is 1.37. The summed E-state index contributed by atoms with van der Waals surface area (Å²) in [7, 11) is 0. The highest BCUT2D eigenvalue weighted by Gasteiger charge is 2.09. The van der Waals surface area contributed by atoms with Gasteiger partial charge >= 0.3 is 0 Å². The van der Waals surface area contributed by atoms with Crippen molar-refractivity contribution < 1.29 is 13.9 Å². The van der Waals surface area contributed by atoms with Crippen molar-refractivity contribution in [2.45, 2.75) is 13.0 Å². The lowest BCUT2D eigenvalue weighted by atomic mass is 10.1. The van der Waals surface area contributed by atoms with Crippen LogP contribution in [0.1, 0.15) is 18.5 Å². The van der Waals surface area contributed by atoms with Crippen LogP contribution < -0.4 is 11.1 Å². The molecule has 3 N–H and O–H groups in total. The number of nitrogens with one attached hydrogen (secondary N) is 1. The first-order valence-corrected chi connectivity index (χ1v) is 5.46. The van der Waals surface area contributed by atoms with Crippen molar-refractivity contribution in [1.29, 1.82) is 0 Å². The topological polar surface area (TPSA) is 64.3 Å². The molecule has 0 saturated carbocycles. The zero-order valence-corrected chi connectivity index (χ0v) is 9.78. The Balaban J connectivity index is 2.40. The van der Waals surface area contributed by atoms with Crippen molar-refractivity contribution in [2.24, 2.45) is 5.73 Å². The van der Waals surface area contributed by atoms with E-state index in [-0.39, 0.29) is 24.4 Å². The van der Waals surface area contributed by atoms with Crippen LogP contribution in [0.4, 0.5) is 4.39 Å². The molecule has 1 amide bonds. The molecule has 0 aliphatic heterocycles. The number of nitrogens with two attached hydrogens (primary N) is 1. The third-order valence-electron chi connectivity index (χ3n) is 2.24. The quantitative estimate of drug-likeness (QED) is 0.728. The highest BCUT2D eigenvalue weighted by atomic mass is 19.1. The Bertz CT molecular complexity index is 354. The van der Waals surface area contributed by atoms with Crippen molar-refractivity contribution in [3.05, 3.63) is 35.6 Å². The summed E-state index contributed by atoms with van der Waals surface area (Å²) >= 11 is 0. The van der Waals surface area contributed by atoms with E-state index >= 15 is 0 Å². The van der Waals surface area contributed by atoms with Gasteiger partial charge in [0.05, 0.1) is 12.6 Å². The normalized spacial score (nSPS) is 12.2. The maximum atomic E-state index is 12.7. The first-order chi connectivity index (χ1) is 8.13. The van der Waals surface area contributed by atoms with Crippen molar-refractivity contribution in [3.63, 3.8) is 0 Å². The van der Waals surface area contributed by atoms with Crippen LogP contribution in [-0.4, -0.2) is 25.7 Å². The Hall–Kier alpha value is -1.46. The summed E-state index contributed by atoms with van der Waals surface area (Å²) in [6.45, 7) is 2.57. The van der Waals surface area contributed by atoms with E-state index in [1.807, 2.05) is 6.92 Å². The second-order valence-corrected chi connectivity index (χ2v) is 3.68. The average Bonchev–Trinajstić information content (AvgIpc) is 2.30. The Morgan fingerprint density at radius 2 is 2.12 bits per heavy atom. The molecule has 0 heterocycles. The maximum Gasteiger partial charge on any atom is 0.246 e. The van der Waals surface area contributed by atoms with E-state index in [9.17, 15) is 9.18 Å². The van der Waals surface area contributed by atoms with Gasteiger partial charge < -0.3 is 15.8 Å². The van der Waals surface area contributed by atoms with E-state index in [4.69, 9.17) is 10.5 Å². The molecule has 94 valence electrons. The van der Waals surface area contributed by atoms with Gasteiger partial charge in [-0.3, -0.25) is 4.79 Å². The second-order valence-electron chi connectivity index (χ2n) is 3.68. The number of hydrogen-bond acceptors (Lipinski definition) is 3. The summed E-state index contributed by atoms with van der Waals surface area (Å²) < 4.78 is 17.7. The molecule has 0 aliphatic rings. The van der Waals surface area contributed by atoms with Gasteiger partial charge in [0.1, 0.15) is 12.4 Å². The van der Waals surface area contributed by atoms with Crippen LogP contribution in [0, 0.1) is 5.82 Å². The van der Waals surface area contributed by atoms with E-state index < -0.39 is 0 Å². The molecule has 1 rings (SSSR count). The molecule has 1 aromatic rings. The standard InChI is InChI=1S/C12H17FN2O2/c1-9(10-2-4-11(13)5-3-10)15-12(16)8-17-7-6-14/h2-5,9H,6-8,14H2,1H3,(H,15,16)/t9-/m1/s1. The second kappa shape index (κ2) is 6.98. The highest BCUT2D eigenvalue weighted by Crippen LogP contribution is 2.12. The van der Waals surface area contributed by atoms with Crippen LogP contribution in [0.25, 0.3) is 0 Å². The van der Waals surface area contributed by atoms with Crippen LogP contribution in [0.3, 0.4) is 0 Å². The predicted octanol–water partition coefficient (Wildman–Crippen LogP) is 0.978. The fraction of sp³-hybridized carbons (Fsp3) is 0.417. The summed E-state index contributed by atoms with van der Waals surface area (Å²) in [4.78, 5) is 11.4. The lowest BCUT2D eigenvalue weighted by Gasteiger charge is -2.14. The Morgan fingerprint density at radius 1 is 1.47 bits per heavy atom. The van der Waals surface area contributed by atoms with Crippen LogP contribution in [0.2, 0.25) is 0 Å². The van der Waals surface area contributed by atoms with Gasteiger partial charge in [-0.1, -0.05) is 12.1 Å². The first kappa shape index (κ1) is 13.6. The van der Waals surface area contributed by atoms with E-state index in [1.165, 1.54) is 12.1 Å². The van der Waals surface area contributed by atoms with Crippen LogP contribution in [-0.2, 0) is 9.53 Å². The molecule has 1 atom stereocenters. The minimum Gasteiger partial charge on any atom is -0.370 e. The summed E-state index contributed by atoms with van der Waals surface area (Å²) in [6, 6.07) is 5.83. The molecule has 5 heteroatoms. The lowest BCUT2D eigenvalue weighted by Crippen LogP contribution is -2.30. The summed E-state index contributed by atoms with van der Waals surface area (Å²) in [5.74, 6) is -0.506. The number of rotatable bonds is 6. The molecule has 0 radical (unpaired) electrons. The largest absolute Gasteiger partial charge is 0.370 e. The number of halogens is 1. The Morgan fingerprint density at radius 3 is 2.71 bits per heavy atom. The Kier molecular flexibility index (Phi) is 5.59. The summed E-state index contributed by atoms with van der Waals surface area (Å²) in [6.07, 6.45) is 0. The van der Waals surface area contributed by atoms with Crippen molar-refractivity contribution in [2.75, 3.05) is 19.8 Å². The zero-order valence-electron chi connectivity index (χ0n) is 9.78. The van der Waals surface area contributed by atoms with E-state index in [1.54, 1.807) is 12.1 Å². The van der Waals surface area contributed by atoms with Crippen molar-refractivity contribution in [1.82, 2.24) is 5.32 Å². The molecule has 0 fully saturated rings. The van der Waals surface area contributed by atoms with Crippen LogP contribution >= 0.6 is 0 Å². The number of hydrogen-bond donors (Lipinski definition) is 2. The van der Waals surface area contributed by atoms with Gasteiger partial charge in [-0.05, 0) is 24.6 Å². The van der Waals surface area contributed by atoms with E-state index in [2.05, 4.69) is 5.32 Å². The van der Waals surface area contributed by atoms with Crippen LogP contribution in [0.5, 0.6) is 0 Å². The number of carbonyl (C=O) groups is 1. The van der Waals surface area contributed by atoms with Gasteiger partial charge in [-0.2, -0.15) is 0 Å². The van der Waals surface area contributed by atoms with Gasteiger partial charge in [0.15, 0.2) is 0 Å². The predicted molar refractivity (Wildman–Crippen MR) is 62.8 cm³/mol. The number of ether oxygens (including phenoxy) is 1. The minimum absolute atomic E-state index is 0.0112. The van der Waals surface area contributed by atoms with Gasteiger partial charge in [0.25, 0.3) is 0 Å². The molecule has 0 aliphatic carbocycles. The molecule has 0 unspecified atom stereocenters. The minimum atomic E-state index is -0.293.